The lowest BCUT2D eigenvalue weighted by Crippen LogP contribution is -2.32. The summed E-state index contributed by atoms with van der Waals surface area (Å²) in [6.45, 7) is 5.38. The maximum absolute atomic E-state index is 5.40. The minimum absolute atomic E-state index is 0.566. The van der Waals surface area contributed by atoms with Crippen LogP contribution in [0, 0.1) is 0 Å². The van der Waals surface area contributed by atoms with Crippen LogP contribution < -0.4 is 11.2 Å². The summed E-state index contributed by atoms with van der Waals surface area (Å²) in [5.41, 5.74) is 0. The van der Waals surface area contributed by atoms with E-state index in [9.17, 15) is 0 Å². The van der Waals surface area contributed by atoms with E-state index < -0.39 is 0 Å². The smallest absolute Gasteiger partial charge is 0.0140 e. The number of likely N-dealkylation sites (N-methyl/N-ethyl adjacent to an activating group) is 2. The fraction of sp³-hybridized carbons (Fsp3) is 1.00. The lowest BCUT2D eigenvalue weighted by atomic mass is 10.2. The molecule has 0 aliphatic rings. The SMILES string of the molecule is CN(C)CCN(C)C.CNC(C)CCN(C)N. The third kappa shape index (κ3) is 21.6. The summed E-state index contributed by atoms with van der Waals surface area (Å²) in [7, 11) is 12.2. The van der Waals surface area contributed by atoms with E-state index in [1.165, 1.54) is 0 Å². The second kappa shape index (κ2) is 12.3. The number of hydrogen-bond acceptors (Lipinski definition) is 5. The number of nitrogens with two attached hydrogens (primary N) is 1. The molecule has 5 nitrogen and oxygen atoms in total. The average molecular weight is 247 g/mol. The van der Waals surface area contributed by atoms with E-state index in [-0.39, 0.29) is 0 Å². The van der Waals surface area contributed by atoms with E-state index in [0.29, 0.717) is 6.04 Å². The van der Waals surface area contributed by atoms with Crippen molar-refractivity contribution in [1.82, 2.24) is 20.1 Å². The zero-order valence-corrected chi connectivity index (χ0v) is 12.8. The fourth-order valence-electron chi connectivity index (χ4n) is 0.942. The van der Waals surface area contributed by atoms with Crippen molar-refractivity contribution < 1.29 is 0 Å². The van der Waals surface area contributed by atoms with Crippen LogP contribution in [-0.4, -0.2) is 82.8 Å². The third-order valence-corrected chi connectivity index (χ3v) is 2.40. The van der Waals surface area contributed by atoms with Crippen molar-refractivity contribution in [3.8, 4) is 0 Å². The highest BCUT2D eigenvalue weighted by molar-refractivity contribution is 4.57. The number of nitrogens with one attached hydrogen (secondary N) is 1. The van der Waals surface area contributed by atoms with E-state index in [1.54, 1.807) is 5.01 Å². The number of nitrogens with zero attached hydrogens (tertiary/aromatic N) is 3. The standard InChI is InChI=1S/C6H17N3.C6H16N2/c1-6(8-2)4-5-9(3)7;1-7(2)5-6-8(3)4/h6,8H,4-5,7H2,1-3H3;5-6H2,1-4H3. The predicted molar refractivity (Wildman–Crippen MR) is 77.1 cm³/mol. The van der Waals surface area contributed by atoms with E-state index >= 15 is 0 Å². The van der Waals surface area contributed by atoms with Gasteiger partial charge in [-0.2, -0.15) is 0 Å². The molecule has 0 saturated heterocycles. The highest BCUT2D eigenvalue weighted by atomic mass is 15.4. The van der Waals surface area contributed by atoms with Crippen molar-refractivity contribution in [3.63, 3.8) is 0 Å². The third-order valence-electron chi connectivity index (χ3n) is 2.40. The maximum Gasteiger partial charge on any atom is 0.0140 e. The van der Waals surface area contributed by atoms with Gasteiger partial charge in [0.05, 0.1) is 0 Å². The van der Waals surface area contributed by atoms with Crippen molar-refractivity contribution in [2.75, 3.05) is 61.9 Å². The van der Waals surface area contributed by atoms with Gasteiger partial charge in [-0.25, -0.2) is 0 Å². The normalized spacial score (nSPS) is 12.9. The van der Waals surface area contributed by atoms with Gasteiger partial charge in [0, 0.05) is 32.7 Å². The molecule has 3 N–H and O–H groups in total. The molecule has 0 spiro atoms. The first kappa shape index (κ1) is 19.1. The Hall–Kier alpha value is -0.200. The second-order valence-electron chi connectivity index (χ2n) is 5.07. The molecule has 0 aromatic rings. The molecule has 0 aliphatic heterocycles. The van der Waals surface area contributed by atoms with Crippen LogP contribution in [0.4, 0.5) is 0 Å². The molecule has 17 heavy (non-hydrogen) atoms. The minimum Gasteiger partial charge on any atom is -0.317 e. The van der Waals surface area contributed by atoms with Crippen molar-refractivity contribution in [2.24, 2.45) is 5.84 Å². The van der Waals surface area contributed by atoms with E-state index in [4.69, 9.17) is 5.84 Å². The molecule has 0 heterocycles. The van der Waals surface area contributed by atoms with Gasteiger partial charge in [-0.3, -0.25) is 10.9 Å². The van der Waals surface area contributed by atoms with Crippen LogP contribution in [0.3, 0.4) is 0 Å². The highest BCUT2D eigenvalue weighted by Crippen LogP contribution is 1.88. The summed E-state index contributed by atoms with van der Waals surface area (Å²) in [4.78, 5) is 4.36. The summed E-state index contributed by atoms with van der Waals surface area (Å²) in [5, 5.41) is 4.84. The zero-order chi connectivity index (χ0) is 13.8. The summed E-state index contributed by atoms with van der Waals surface area (Å²) in [6.07, 6.45) is 1.10. The van der Waals surface area contributed by atoms with Gasteiger partial charge in [0.1, 0.15) is 0 Å². The van der Waals surface area contributed by atoms with Crippen LogP contribution >= 0.6 is 0 Å². The van der Waals surface area contributed by atoms with Crippen molar-refractivity contribution in [1.29, 1.82) is 0 Å². The highest BCUT2D eigenvalue weighted by Gasteiger charge is 1.97. The summed E-state index contributed by atoms with van der Waals surface area (Å²) >= 11 is 0. The Kier molecular flexibility index (Phi) is 13.8. The molecule has 5 heteroatoms. The second-order valence-corrected chi connectivity index (χ2v) is 5.07. The Bertz CT molecular complexity index is 140. The molecule has 0 saturated carbocycles. The topological polar surface area (TPSA) is 47.8 Å². The molecule has 1 unspecified atom stereocenters. The van der Waals surface area contributed by atoms with Crippen molar-refractivity contribution in [3.05, 3.63) is 0 Å². The maximum atomic E-state index is 5.40. The van der Waals surface area contributed by atoms with Crippen LogP contribution in [-0.2, 0) is 0 Å². The van der Waals surface area contributed by atoms with Crippen molar-refractivity contribution in [2.45, 2.75) is 19.4 Å². The monoisotopic (exact) mass is 247 g/mol. The molecule has 1 atom stereocenters. The Morgan fingerprint density at radius 2 is 1.35 bits per heavy atom. The first-order valence-electron chi connectivity index (χ1n) is 6.22. The zero-order valence-electron chi connectivity index (χ0n) is 12.8. The first-order chi connectivity index (χ1) is 7.79. The Balaban J connectivity index is 0. The quantitative estimate of drug-likeness (QED) is 0.486. The van der Waals surface area contributed by atoms with Gasteiger partial charge >= 0.3 is 0 Å². The van der Waals surface area contributed by atoms with Gasteiger partial charge in [-0.1, -0.05) is 0 Å². The van der Waals surface area contributed by atoms with Crippen LogP contribution in [0.1, 0.15) is 13.3 Å². The Morgan fingerprint density at radius 1 is 0.941 bits per heavy atom. The molecular weight excluding hydrogens is 214 g/mol. The van der Waals surface area contributed by atoms with E-state index in [0.717, 1.165) is 26.1 Å². The Morgan fingerprint density at radius 3 is 1.59 bits per heavy atom. The Labute approximate surface area is 108 Å². The first-order valence-corrected chi connectivity index (χ1v) is 6.22. The van der Waals surface area contributed by atoms with E-state index in [2.05, 4.69) is 50.2 Å². The number of hydrazine groups is 1. The van der Waals surface area contributed by atoms with Gasteiger partial charge in [-0.05, 0) is 48.6 Å². The summed E-state index contributed by atoms with van der Waals surface area (Å²) < 4.78 is 0. The van der Waals surface area contributed by atoms with Crippen LogP contribution in [0.2, 0.25) is 0 Å². The average Bonchev–Trinajstić information content (AvgIpc) is 2.23. The van der Waals surface area contributed by atoms with E-state index in [1.807, 2.05) is 14.1 Å². The lowest BCUT2D eigenvalue weighted by Gasteiger charge is -2.13. The molecule has 0 aliphatic carbocycles. The lowest BCUT2D eigenvalue weighted by molar-refractivity contribution is 0.320. The minimum atomic E-state index is 0.566. The van der Waals surface area contributed by atoms with Crippen LogP contribution in [0.25, 0.3) is 0 Å². The van der Waals surface area contributed by atoms with Gasteiger partial charge in [-0.15, -0.1) is 0 Å². The van der Waals surface area contributed by atoms with Crippen LogP contribution in [0.5, 0.6) is 0 Å². The van der Waals surface area contributed by atoms with Gasteiger partial charge in [0.25, 0.3) is 0 Å². The molecule has 0 aromatic carbocycles. The predicted octanol–water partition coefficient (Wildman–Crippen LogP) is -0.100. The molecule has 0 amide bonds. The van der Waals surface area contributed by atoms with Gasteiger partial charge in [0.15, 0.2) is 0 Å². The fourth-order valence-corrected chi connectivity index (χ4v) is 0.942. The molecular formula is C12H33N5. The molecule has 0 aromatic heterocycles. The molecule has 0 radical (unpaired) electrons. The largest absolute Gasteiger partial charge is 0.317 e. The summed E-state index contributed by atoms with van der Waals surface area (Å²) in [6, 6.07) is 0.566. The molecule has 0 fully saturated rings. The van der Waals surface area contributed by atoms with Crippen LogP contribution in [0.15, 0.2) is 0 Å². The number of rotatable bonds is 7. The number of hydrogen-bond donors (Lipinski definition) is 2. The molecule has 0 bridgehead atoms. The van der Waals surface area contributed by atoms with Gasteiger partial charge in [0.2, 0.25) is 0 Å². The van der Waals surface area contributed by atoms with Crippen molar-refractivity contribution >= 4 is 0 Å². The summed E-state index contributed by atoms with van der Waals surface area (Å²) in [5.74, 6) is 5.40. The molecule has 106 valence electrons. The molecule has 0 rings (SSSR count). The van der Waals surface area contributed by atoms with Gasteiger partial charge < -0.3 is 15.1 Å².